The normalized spacial score (nSPS) is 52.8. The maximum Gasteiger partial charge on any atom is 0.187 e. The minimum atomic E-state index is -1.75. The Morgan fingerprint density at radius 1 is 0.603 bits per heavy atom. The molecule has 8 aliphatic rings. The van der Waals surface area contributed by atoms with Gasteiger partial charge in [0.25, 0.3) is 0 Å². The highest BCUT2D eigenvalue weighted by atomic mass is 16.8. The highest BCUT2D eigenvalue weighted by Gasteiger charge is 2.72. The third-order valence-electron chi connectivity index (χ3n) is 20.1. The second-order valence-corrected chi connectivity index (χ2v) is 24.8. The van der Waals surface area contributed by atoms with E-state index in [1.165, 1.54) is 0 Å². The molecule has 0 radical (unpaired) electrons. The first-order chi connectivity index (χ1) is 34.1. The molecule has 4 heterocycles. The predicted molar refractivity (Wildman–Crippen MR) is 254 cm³/mol. The van der Waals surface area contributed by atoms with Crippen molar-refractivity contribution in [3.8, 4) is 0 Å². The number of aliphatic hydroxyl groups is 13. The SMILES string of the molecule is CC(C)=CCC[C@](C)(O[C@H]1O[C@@H](CO[C@H]2OC[C@H](O)[C@@H](O)[C@@H]2O)[C@H](O)[C@@H](O)[C@@H]1O)[C@@H]1CC[C@]2(C)[C@H]1[C@@H](O)C[C@H]1[C@@]3(C)CC[C@H](O[C@H]4OC[C@H](O)[C@@H](O)[C@@H]4O[C@H]4O[C@@H](CO)[C@H](O)[C@@H](O)[C@@H]4O)C(C)(C)[C@@H]3CC[C@@]12C. The Bertz CT molecular complexity index is 1890. The molecule has 0 spiro atoms. The van der Waals surface area contributed by atoms with Gasteiger partial charge >= 0.3 is 0 Å². The molecule has 8 fully saturated rings. The van der Waals surface area contributed by atoms with Crippen molar-refractivity contribution < 1.29 is 104 Å². The Hall–Kier alpha value is -1.10. The Balaban J connectivity index is 0.998. The van der Waals surface area contributed by atoms with Gasteiger partial charge in [-0.2, -0.15) is 0 Å². The smallest absolute Gasteiger partial charge is 0.187 e. The van der Waals surface area contributed by atoms with Crippen LogP contribution in [0.1, 0.15) is 113 Å². The van der Waals surface area contributed by atoms with Crippen molar-refractivity contribution in [1.82, 2.24) is 0 Å². The van der Waals surface area contributed by atoms with E-state index in [-0.39, 0.29) is 53.1 Å². The highest BCUT2D eigenvalue weighted by Crippen LogP contribution is 2.76. The Morgan fingerprint density at radius 3 is 1.85 bits per heavy atom. The van der Waals surface area contributed by atoms with Gasteiger partial charge in [-0.05, 0) is 124 Å². The predicted octanol–water partition coefficient (Wildman–Crippen LogP) is -0.924. The minimum Gasteiger partial charge on any atom is -0.394 e. The summed E-state index contributed by atoms with van der Waals surface area (Å²) in [6, 6.07) is 0. The third kappa shape index (κ3) is 10.3. The van der Waals surface area contributed by atoms with Gasteiger partial charge in [-0.15, -0.1) is 0 Å². The molecule has 0 aromatic carbocycles. The summed E-state index contributed by atoms with van der Waals surface area (Å²) in [7, 11) is 0. The molecular formula is C52H88O21. The second kappa shape index (κ2) is 21.9. The van der Waals surface area contributed by atoms with Crippen LogP contribution >= 0.6 is 0 Å². The molecule has 21 nitrogen and oxygen atoms in total. The van der Waals surface area contributed by atoms with Crippen LogP contribution in [0.4, 0.5) is 0 Å². The summed E-state index contributed by atoms with van der Waals surface area (Å²) in [4.78, 5) is 0. The molecule has 4 saturated heterocycles. The van der Waals surface area contributed by atoms with E-state index in [0.29, 0.717) is 32.1 Å². The number of rotatable bonds is 14. The number of aliphatic hydroxyl groups excluding tert-OH is 13. The van der Waals surface area contributed by atoms with Gasteiger partial charge in [0.1, 0.15) is 85.5 Å². The van der Waals surface area contributed by atoms with Crippen LogP contribution in [0.25, 0.3) is 0 Å². The number of hydrogen-bond donors (Lipinski definition) is 13. The zero-order valence-corrected chi connectivity index (χ0v) is 43.7. The summed E-state index contributed by atoms with van der Waals surface area (Å²) < 4.78 is 48.6. The molecule has 0 unspecified atom stereocenters. The first-order valence-electron chi connectivity index (χ1n) is 26.7. The summed E-state index contributed by atoms with van der Waals surface area (Å²) in [5, 5.41) is 140. The van der Waals surface area contributed by atoms with Crippen molar-refractivity contribution in [3.05, 3.63) is 11.6 Å². The average Bonchev–Trinajstić information content (AvgIpc) is 3.72. The maximum atomic E-state index is 12.8. The topological polar surface area (TPSA) is 337 Å². The van der Waals surface area contributed by atoms with Crippen LogP contribution in [-0.2, 0) is 37.9 Å². The van der Waals surface area contributed by atoms with Crippen molar-refractivity contribution in [3.63, 3.8) is 0 Å². The number of hydrogen-bond acceptors (Lipinski definition) is 21. The Kier molecular flexibility index (Phi) is 17.4. The van der Waals surface area contributed by atoms with Crippen LogP contribution in [0, 0.1) is 45.3 Å². The molecule has 28 atom stereocenters. The molecule has 73 heavy (non-hydrogen) atoms. The van der Waals surface area contributed by atoms with Crippen LogP contribution < -0.4 is 0 Å². The first kappa shape index (κ1) is 58.1. The van der Waals surface area contributed by atoms with Gasteiger partial charge in [-0.3, -0.25) is 0 Å². The van der Waals surface area contributed by atoms with Gasteiger partial charge in [0.05, 0.1) is 44.2 Å². The molecule has 422 valence electrons. The molecule has 8 rings (SSSR count). The summed E-state index contributed by atoms with van der Waals surface area (Å²) in [6.07, 6.45) is -19.8. The summed E-state index contributed by atoms with van der Waals surface area (Å²) in [6.45, 7) is 15.7. The van der Waals surface area contributed by atoms with E-state index < -0.39 is 147 Å². The molecule has 0 aromatic rings. The van der Waals surface area contributed by atoms with E-state index >= 15 is 0 Å². The van der Waals surface area contributed by atoms with E-state index in [9.17, 15) is 66.4 Å². The largest absolute Gasteiger partial charge is 0.394 e. The lowest BCUT2D eigenvalue weighted by atomic mass is 9.35. The van der Waals surface area contributed by atoms with Gasteiger partial charge in [-0.25, -0.2) is 0 Å². The van der Waals surface area contributed by atoms with Gasteiger partial charge in [0.15, 0.2) is 25.2 Å². The number of ether oxygens (including phenoxy) is 8. The third-order valence-corrected chi connectivity index (χ3v) is 20.1. The molecule has 0 bridgehead atoms. The lowest BCUT2D eigenvalue weighted by Gasteiger charge is -2.71. The van der Waals surface area contributed by atoms with E-state index in [2.05, 4.69) is 40.7 Å². The molecule has 21 heteroatoms. The zero-order chi connectivity index (χ0) is 53.5. The van der Waals surface area contributed by atoms with Crippen molar-refractivity contribution in [2.24, 2.45) is 45.3 Å². The van der Waals surface area contributed by atoms with Crippen molar-refractivity contribution >= 4 is 0 Å². The molecule has 13 N–H and O–H groups in total. The lowest BCUT2D eigenvalue weighted by molar-refractivity contribution is -0.367. The van der Waals surface area contributed by atoms with Gasteiger partial charge < -0.3 is 104 Å². The summed E-state index contributed by atoms with van der Waals surface area (Å²) >= 11 is 0. The summed E-state index contributed by atoms with van der Waals surface area (Å²) in [5.74, 6) is -0.256. The van der Waals surface area contributed by atoms with Crippen LogP contribution in [0.3, 0.4) is 0 Å². The lowest BCUT2D eigenvalue weighted by Crippen LogP contribution is -2.67. The highest BCUT2D eigenvalue weighted by molar-refractivity contribution is 5.20. The first-order valence-corrected chi connectivity index (χ1v) is 26.7. The van der Waals surface area contributed by atoms with Crippen molar-refractivity contribution in [2.45, 2.75) is 242 Å². The van der Waals surface area contributed by atoms with Crippen LogP contribution in [0.2, 0.25) is 0 Å². The van der Waals surface area contributed by atoms with Gasteiger partial charge in [0.2, 0.25) is 0 Å². The standard InChI is InChI=1S/C52H88O21/c1-23(2)10-9-14-52(8,73-46-42(65)39(62)37(60)29(70-46)22-68-44-40(63)34(57)26(55)20-66-44)24-11-16-51(7)33(24)25(54)18-31-49(5)15-13-32(48(3,4)30(49)12-17-50(31,51)6)71-47-43(35(58)27(56)21-67-47)72-45-41(64)38(61)36(59)28(19-53)69-45/h10,24-47,53-65H,9,11-22H2,1-8H3/t24-,25+,26+,27+,28+,29+,30+,31+,32+,33-,34-,35-,36+,37+,38-,39-,40+,41+,42+,43+,44-,45-,46-,47-,49+,50+,51-,52+/m1/s1. The maximum absolute atomic E-state index is 12.8. The van der Waals surface area contributed by atoms with E-state index in [1.54, 1.807) is 0 Å². The van der Waals surface area contributed by atoms with E-state index in [0.717, 1.165) is 31.3 Å². The Morgan fingerprint density at radius 2 is 1.19 bits per heavy atom. The fourth-order valence-corrected chi connectivity index (χ4v) is 15.7. The minimum absolute atomic E-state index is 0.0916. The van der Waals surface area contributed by atoms with Crippen LogP contribution in [0.5, 0.6) is 0 Å². The van der Waals surface area contributed by atoms with E-state index in [1.807, 2.05) is 20.8 Å². The molecule has 0 aromatic heterocycles. The molecule has 4 aliphatic carbocycles. The average molecular weight is 1050 g/mol. The Labute approximate surface area is 428 Å². The van der Waals surface area contributed by atoms with Crippen LogP contribution in [-0.4, -0.2) is 221 Å². The van der Waals surface area contributed by atoms with Gasteiger partial charge in [-0.1, -0.05) is 46.3 Å². The fraction of sp³-hybridized carbons (Fsp3) is 0.962. The number of allylic oxidation sites excluding steroid dienone is 2. The molecule has 4 aliphatic heterocycles. The number of fused-ring (bicyclic) bond motifs is 5. The monoisotopic (exact) mass is 1050 g/mol. The fourth-order valence-electron chi connectivity index (χ4n) is 15.7. The second-order valence-electron chi connectivity index (χ2n) is 24.8. The molecule has 0 amide bonds. The zero-order valence-electron chi connectivity index (χ0n) is 43.7. The van der Waals surface area contributed by atoms with Gasteiger partial charge in [0, 0.05) is 0 Å². The van der Waals surface area contributed by atoms with E-state index in [4.69, 9.17) is 37.9 Å². The van der Waals surface area contributed by atoms with Crippen molar-refractivity contribution in [2.75, 3.05) is 26.4 Å². The quantitative estimate of drug-likeness (QED) is 0.0739. The van der Waals surface area contributed by atoms with Crippen LogP contribution in [0.15, 0.2) is 11.6 Å². The van der Waals surface area contributed by atoms with Crippen molar-refractivity contribution in [1.29, 1.82) is 0 Å². The molecular weight excluding hydrogens is 961 g/mol. The molecule has 4 saturated carbocycles. The summed E-state index contributed by atoms with van der Waals surface area (Å²) in [5.41, 5.74) is -1.26.